The minimum atomic E-state index is -0.296. The van der Waals surface area contributed by atoms with Crippen LogP contribution in [-0.4, -0.2) is 26.8 Å². The highest BCUT2D eigenvalue weighted by Crippen LogP contribution is 2.25. The smallest absolute Gasteiger partial charge is 0.262 e. The van der Waals surface area contributed by atoms with E-state index in [1.54, 1.807) is 10.6 Å². The van der Waals surface area contributed by atoms with Crippen LogP contribution in [0.5, 0.6) is 0 Å². The van der Waals surface area contributed by atoms with Gasteiger partial charge in [-0.1, -0.05) is 43.2 Å². The standard InChI is InChI=1S/C20H27N3O2S/c1-13(2)23-19(25)16-11-7-8-12-17(16)22-20(23)26-14(3)18(24)21-15-9-5-4-6-10-15/h7-8,11-15H,4-6,9-10H2,1-3H3,(H,21,24). The maximum Gasteiger partial charge on any atom is 0.262 e. The van der Waals surface area contributed by atoms with E-state index in [1.165, 1.54) is 31.0 Å². The molecule has 1 aliphatic carbocycles. The fourth-order valence-corrected chi connectivity index (χ4v) is 4.49. The predicted molar refractivity (Wildman–Crippen MR) is 107 cm³/mol. The van der Waals surface area contributed by atoms with Crippen molar-refractivity contribution in [2.75, 3.05) is 0 Å². The van der Waals surface area contributed by atoms with Crippen molar-refractivity contribution >= 4 is 28.6 Å². The first-order chi connectivity index (χ1) is 12.5. The van der Waals surface area contributed by atoms with Gasteiger partial charge in [0.05, 0.1) is 16.2 Å². The van der Waals surface area contributed by atoms with E-state index in [9.17, 15) is 9.59 Å². The number of amides is 1. The average molecular weight is 374 g/mol. The highest BCUT2D eigenvalue weighted by atomic mass is 32.2. The Hall–Kier alpha value is -1.82. The Bertz CT molecular complexity index is 841. The number of rotatable bonds is 5. The SMILES string of the molecule is CC(Sc1nc2ccccc2c(=O)n1C(C)C)C(=O)NC1CCCCC1. The summed E-state index contributed by atoms with van der Waals surface area (Å²) < 4.78 is 1.69. The van der Waals surface area contributed by atoms with Crippen molar-refractivity contribution in [2.24, 2.45) is 0 Å². The van der Waals surface area contributed by atoms with Gasteiger partial charge in [0.1, 0.15) is 0 Å². The molecular formula is C20H27N3O2S. The summed E-state index contributed by atoms with van der Waals surface area (Å²) in [6.45, 7) is 5.82. The van der Waals surface area contributed by atoms with Crippen LogP contribution in [0, 0.1) is 0 Å². The molecule has 1 fully saturated rings. The van der Waals surface area contributed by atoms with Gasteiger partial charge >= 0.3 is 0 Å². The third-order valence-electron chi connectivity index (χ3n) is 4.89. The molecule has 140 valence electrons. The van der Waals surface area contributed by atoms with E-state index >= 15 is 0 Å². The van der Waals surface area contributed by atoms with Crippen molar-refractivity contribution in [3.63, 3.8) is 0 Å². The number of nitrogens with one attached hydrogen (secondary N) is 1. The van der Waals surface area contributed by atoms with Crippen LogP contribution in [0.3, 0.4) is 0 Å². The molecule has 2 aromatic rings. The average Bonchev–Trinajstić information content (AvgIpc) is 2.62. The summed E-state index contributed by atoms with van der Waals surface area (Å²) in [7, 11) is 0. The first-order valence-corrected chi connectivity index (χ1v) is 10.3. The molecule has 1 aliphatic rings. The number of carbonyl (C=O) groups excluding carboxylic acids is 1. The molecule has 6 heteroatoms. The quantitative estimate of drug-likeness (QED) is 0.638. The van der Waals surface area contributed by atoms with Crippen molar-refractivity contribution in [3.8, 4) is 0 Å². The number of para-hydroxylation sites is 1. The molecule has 0 spiro atoms. The van der Waals surface area contributed by atoms with Crippen molar-refractivity contribution in [1.29, 1.82) is 0 Å². The molecular weight excluding hydrogens is 346 g/mol. The van der Waals surface area contributed by atoms with Crippen molar-refractivity contribution in [3.05, 3.63) is 34.6 Å². The summed E-state index contributed by atoms with van der Waals surface area (Å²) >= 11 is 1.36. The van der Waals surface area contributed by atoms with E-state index in [-0.39, 0.29) is 28.8 Å². The summed E-state index contributed by atoms with van der Waals surface area (Å²) in [4.78, 5) is 30.1. The number of hydrogen-bond acceptors (Lipinski definition) is 4. The van der Waals surface area contributed by atoms with Gasteiger partial charge in [-0.15, -0.1) is 0 Å². The summed E-state index contributed by atoms with van der Waals surface area (Å²) in [5.41, 5.74) is 0.629. The van der Waals surface area contributed by atoms with Gasteiger partial charge in [-0.25, -0.2) is 4.98 Å². The van der Waals surface area contributed by atoms with Gasteiger partial charge in [-0.2, -0.15) is 0 Å². The van der Waals surface area contributed by atoms with Crippen LogP contribution in [0.1, 0.15) is 58.9 Å². The molecule has 1 saturated carbocycles. The topological polar surface area (TPSA) is 64.0 Å². The van der Waals surface area contributed by atoms with Crippen LogP contribution in [0.25, 0.3) is 10.9 Å². The molecule has 1 aromatic heterocycles. The lowest BCUT2D eigenvalue weighted by atomic mass is 9.95. The number of hydrogen-bond donors (Lipinski definition) is 1. The van der Waals surface area contributed by atoms with Gasteiger partial charge in [0.2, 0.25) is 5.91 Å². The predicted octanol–water partition coefficient (Wildman–Crippen LogP) is 3.91. The summed E-state index contributed by atoms with van der Waals surface area (Å²) in [6, 6.07) is 7.65. The maximum atomic E-state index is 12.9. The van der Waals surface area contributed by atoms with E-state index in [2.05, 4.69) is 10.3 Å². The van der Waals surface area contributed by atoms with Crippen LogP contribution in [-0.2, 0) is 4.79 Å². The fourth-order valence-electron chi connectivity index (χ4n) is 3.44. The van der Waals surface area contributed by atoms with Gasteiger partial charge < -0.3 is 5.32 Å². The highest BCUT2D eigenvalue weighted by Gasteiger charge is 2.23. The monoisotopic (exact) mass is 373 g/mol. The number of benzene rings is 1. The van der Waals surface area contributed by atoms with E-state index < -0.39 is 0 Å². The normalized spacial score (nSPS) is 16.8. The largest absolute Gasteiger partial charge is 0.352 e. The molecule has 1 atom stereocenters. The molecule has 26 heavy (non-hydrogen) atoms. The molecule has 0 radical (unpaired) electrons. The van der Waals surface area contributed by atoms with Gasteiger partial charge in [0, 0.05) is 12.1 Å². The molecule has 1 heterocycles. The van der Waals surface area contributed by atoms with Crippen molar-refractivity contribution in [2.45, 2.75) is 75.4 Å². The maximum absolute atomic E-state index is 12.9. The number of thioether (sulfide) groups is 1. The van der Waals surface area contributed by atoms with Crippen molar-refractivity contribution < 1.29 is 4.79 Å². The second-order valence-corrected chi connectivity index (χ2v) is 8.59. The highest BCUT2D eigenvalue weighted by molar-refractivity contribution is 8.00. The lowest BCUT2D eigenvalue weighted by Crippen LogP contribution is -2.40. The van der Waals surface area contributed by atoms with Crippen molar-refractivity contribution in [1.82, 2.24) is 14.9 Å². The van der Waals surface area contributed by atoms with Crippen LogP contribution in [0.15, 0.2) is 34.2 Å². The van der Waals surface area contributed by atoms with Crippen LogP contribution < -0.4 is 10.9 Å². The Kier molecular flexibility index (Phi) is 6.01. The molecule has 0 bridgehead atoms. The zero-order chi connectivity index (χ0) is 18.7. The van der Waals surface area contributed by atoms with Gasteiger partial charge in [0.15, 0.2) is 5.16 Å². The van der Waals surface area contributed by atoms with Crippen LogP contribution in [0.4, 0.5) is 0 Å². The summed E-state index contributed by atoms with van der Waals surface area (Å²) in [5, 5.41) is 4.09. The van der Waals surface area contributed by atoms with Gasteiger partial charge in [-0.05, 0) is 45.7 Å². The lowest BCUT2D eigenvalue weighted by Gasteiger charge is -2.24. The number of nitrogens with zero attached hydrogens (tertiary/aromatic N) is 2. The zero-order valence-electron chi connectivity index (χ0n) is 15.7. The number of aromatic nitrogens is 2. The third kappa shape index (κ3) is 4.11. The Morgan fingerprint density at radius 2 is 1.88 bits per heavy atom. The van der Waals surface area contributed by atoms with Gasteiger partial charge in [-0.3, -0.25) is 14.2 Å². The van der Waals surface area contributed by atoms with Crippen LogP contribution in [0.2, 0.25) is 0 Å². The minimum absolute atomic E-state index is 0.0179. The zero-order valence-corrected chi connectivity index (χ0v) is 16.5. The Morgan fingerprint density at radius 1 is 1.19 bits per heavy atom. The Balaban J connectivity index is 1.83. The number of fused-ring (bicyclic) bond motifs is 1. The summed E-state index contributed by atoms with van der Waals surface area (Å²) in [6.07, 6.45) is 5.76. The minimum Gasteiger partial charge on any atom is -0.352 e. The van der Waals surface area contributed by atoms with E-state index in [0.29, 0.717) is 16.1 Å². The lowest BCUT2D eigenvalue weighted by molar-refractivity contribution is -0.121. The molecule has 1 aromatic carbocycles. The van der Waals surface area contributed by atoms with E-state index in [1.807, 2.05) is 39.0 Å². The first-order valence-electron chi connectivity index (χ1n) is 9.45. The molecule has 0 aliphatic heterocycles. The number of carbonyl (C=O) groups is 1. The van der Waals surface area contributed by atoms with E-state index in [4.69, 9.17) is 0 Å². The van der Waals surface area contributed by atoms with E-state index in [0.717, 1.165) is 12.8 Å². The molecule has 1 N–H and O–H groups in total. The molecule has 5 nitrogen and oxygen atoms in total. The summed E-state index contributed by atoms with van der Waals surface area (Å²) in [5.74, 6) is 0.0274. The Labute approximate surface area is 158 Å². The first kappa shape index (κ1) is 19.0. The molecule has 1 unspecified atom stereocenters. The Morgan fingerprint density at radius 3 is 2.58 bits per heavy atom. The second kappa shape index (κ2) is 8.25. The van der Waals surface area contributed by atoms with Gasteiger partial charge in [0.25, 0.3) is 5.56 Å². The third-order valence-corrected chi connectivity index (χ3v) is 5.96. The molecule has 1 amide bonds. The second-order valence-electron chi connectivity index (χ2n) is 7.28. The van der Waals surface area contributed by atoms with Crippen LogP contribution >= 0.6 is 11.8 Å². The molecule has 0 saturated heterocycles. The fraction of sp³-hybridized carbons (Fsp3) is 0.550. The molecule has 3 rings (SSSR count).